The van der Waals surface area contributed by atoms with Gasteiger partial charge in [-0.15, -0.1) is 5.10 Å². The summed E-state index contributed by atoms with van der Waals surface area (Å²) in [6.45, 7) is 7.88. The second kappa shape index (κ2) is 17.3. The molecule has 5 aromatic rings. The van der Waals surface area contributed by atoms with E-state index >= 15 is 0 Å². The number of anilines is 2. The molecule has 0 spiro atoms. The van der Waals surface area contributed by atoms with Crippen molar-refractivity contribution in [3.63, 3.8) is 0 Å². The van der Waals surface area contributed by atoms with Crippen molar-refractivity contribution in [3.8, 4) is 11.5 Å². The summed E-state index contributed by atoms with van der Waals surface area (Å²) in [6.07, 6.45) is 1.98. The van der Waals surface area contributed by atoms with E-state index in [1.807, 2.05) is 69.3 Å². The Hall–Kier alpha value is -5.82. The van der Waals surface area contributed by atoms with Crippen molar-refractivity contribution in [1.82, 2.24) is 20.2 Å². The molecule has 4 aromatic carbocycles. The largest absolute Gasteiger partial charge is 0.480 e. The van der Waals surface area contributed by atoms with E-state index in [0.717, 1.165) is 29.5 Å². The van der Waals surface area contributed by atoms with E-state index in [1.54, 1.807) is 54.2 Å². The fourth-order valence-electron chi connectivity index (χ4n) is 6.13. The molecule has 0 bridgehead atoms. The normalized spacial score (nSPS) is 14.5. The number of hydrogen-bond donors (Lipinski definition) is 1. The van der Waals surface area contributed by atoms with Gasteiger partial charge in [0.2, 0.25) is 5.16 Å². The number of rotatable bonds is 15. The Kier molecular flexibility index (Phi) is 12.2. The summed E-state index contributed by atoms with van der Waals surface area (Å²) < 4.78 is 13.7. The Balaban J connectivity index is 1.10. The van der Waals surface area contributed by atoms with E-state index in [2.05, 4.69) is 32.9 Å². The van der Waals surface area contributed by atoms with Gasteiger partial charge in [0, 0.05) is 29.8 Å². The molecule has 12 nitrogen and oxygen atoms in total. The molecule has 6 rings (SSSR count). The summed E-state index contributed by atoms with van der Waals surface area (Å²) in [6, 6.07) is 27.4. The molecular weight excluding hydrogens is 703 g/mol. The molecule has 1 aliphatic heterocycles. The first-order chi connectivity index (χ1) is 26.1. The summed E-state index contributed by atoms with van der Waals surface area (Å²) in [5.41, 5.74) is 5.74. The molecule has 0 aliphatic carbocycles. The molecule has 0 radical (unpaired) electrons. The van der Waals surface area contributed by atoms with Crippen molar-refractivity contribution in [2.75, 3.05) is 10.3 Å². The lowest BCUT2D eigenvalue weighted by molar-refractivity contribution is -0.123. The number of carbonyl (C=O) groups is 3. The van der Waals surface area contributed by atoms with E-state index in [0.29, 0.717) is 57.0 Å². The number of tetrazole rings is 1. The van der Waals surface area contributed by atoms with Crippen molar-refractivity contribution < 1.29 is 23.9 Å². The summed E-state index contributed by atoms with van der Waals surface area (Å²) in [4.78, 5) is 40.8. The molecule has 0 saturated carbocycles. The SMILES string of the molecule is CCCCC(Oc1ccc(C)cc1C)C(=O)Nc1ccc(N2N=C(C)C(Cc3ccccc3C(=O)Oc3ccccc3CSc3nnnn3C)C2=O)cc1. The lowest BCUT2D eigenvalue weighted by Crippen LogP contribution is -2.33. The fourth-order valence-corrected chi connectivity index (χ4v) is 6.97. The average molecular weight is 746 g/mol. The third-order valence-corrected chi connectivity index (χ3v) is 10.2. The van der Waals surface area contributed by atoms with Crippen LogP contribution in [0, 0.1) is 19.8 Å². The average Bonchev–Trinajstić information content (AvgIpc) is 3.71. The van der Waals surface area contributed by atoms with Crippen molar-refractivity contribution in [2.45, 2.75) is 70.4 Å². The first kappa shape index (κ1) is 37.9. The van der Waals surface area contributed by atoms with Crippen LogP contribution in [0.5, 0.6) is 11.5 Å². The molecule has 2 heterocycles. The Morgan fingerprint density at radius 3 is 2.39 bits per heavy atom. The van der Waals surface area contributed by atoms with Crippen LogP contribution < -0.4 is 19.8 Å². The highest BCUT2D eigenvalue weighted by atomic mass is 32.2. The zero-order valence-electron chi connectivity index (χ0n) is 31.0. The van der Waals surface area contributed by atoms with E-state index in [-0.39, 0.29) is 18.2 Å². The summed E-state index contributed by atoms with van der Waals surface area (Å²) in [5, 5.41) is 21.1. The molecule has 1 N–H and O–H groups in total. The quantitative estimate of drug-likeness (QED) is 0.0656. The van der Waals surface area contributed by atoms with E-state index in [1.165, 1.54) is 16.8 Å². The second-order valence-corrected chi connectivity index (χ2v) is 14.2. The number of nitrogens with one attached hydrogen (secondary N) is 1. The summed E-state index contributed by atoms with van der Waals surface area (Å²) >= 11 is 1.43. The van der Waals surface area contributed by atoms with E-state index in [9.17, 15) is 14.4 Å². The van der Waals surface area contributed by atoms with Crippen molar-refractivity contribution in [1.29, 1.82) is 0 Å². The van der Waals surface area contributed by atoms with Crippen LogP contribution in [0.25, 0.3) is 0 Å². The van der Waals surface area contributed by atoms with Crippen molar-refractivity contribution >= 4 is 46.6 Å². The van der Waals surface area contributed by atoms with Gasteiger partial charge >= 0.3 is 5.97 Å². The molecule has 13 heteroatoms. The molecule has 278 valence electrons. The van der Waals surface area contributed by atoms with Gasteiger partial charge in [-0.3, -0.25) is 9.59 Å². The number of ether oxygens (including phenoxy) is 2. The van der Waals surface area contributed by atoms with Crippen LogP contribution in [0.15, 0.2) is 101 Å². The number of unbranched alkanes of at least 4 members (excludes halogenated alkanes) is 1. The number of benzene rings is 4. The molecule has 54 heavy (non-hydrogen) atoms. The Morgan fingerprint density at radius 1 is 0.926 bits per heavy atom. The van der Waals surface area contributed by atoms with Gasteiger partial charge in [0.25, 0.3) is 11.8 Å². The maximum Gasteiger partial charge on any atom is 0.343 e. The Labute approximate surface area is 318 Å². The number of para-hydroxylation sites is 1. The monoisotopic (exact) mass is 745 g/mol. The standard InChI is InChI=1S/C41H43N7O5S/c1-6-7-15-37(52-35-22-17-26(2)23-27(35)3)38(49)42-31-18-20-32(21-19-31)48-39(50)34(28(4)44-48)24-29-12-8-10-14-33(29)40(51)53-36-16-11-9-13-30(36)25-54-41-43-45-46-47(41)5/h8-14,16-23,34,37H,6-7,15,24-25H2,1-5H3,(H,42,49). The van der Waals surface area contributed by atoms with E-state index < -0.39 is 18.0 Å². The smallest absolute Gasteiger partial charge is 0.343 e. The molecule has 0 saturated heterocycles. The topological polar surface area (TPSA) is 141 Å². The number of nitrogens with zero attached hydrogens (tertiary/aromatic N) is 6. The minimum atomic E-state index is -0.652. The summed E-state index contributed by atoms with van der Waals surface area (Å²) in [5.74, 6) is 0.0751. The number of aryl methyl sites for hydroxylation is 3. The molecule has 2 amide bonds. The number of aromatic nitrogens is 4. The lowest BCUT2D eigenvalue weighted by Gasteiger charge is -2.20. The maximum absolute atomic E-state index is 13.8. The van der Waals surface area contributed by atoms with Crippen LogP contribution in [0.2, 0.25) is 0 Å². The zero-order chi connectivity index (χ0) is 38.2. The molecule has 2 atom stereocenters. The van der Waals surface area contributed by atoms with Crippen LogP contribution in [-0.2, 0) is 28.8 Å². The van der Waals surface area contributed by atoms with Crippen molar-refractivity contribution in [3.05, 3.63) is 119 Å². The van der Waals surface area contributed by atoms with Gasteiger partial charge < -0.3 is 14.8 Å². The van der Waals surface area contributed by atoms with Crippen LogP contribution in [0.3, 0.4) is 0 Å². The van der Waals surface area contributed by atoms with Crippen LogP contribution in [0.1, 0.15) is 65.7 Å². The number of carbonyl (C=O) groups excluding carboxylic acids is 3. The van der Waals surface area contributed by atoms with Gasteiger partial charge in [-0.1, -0.05) is 79.2 Å². The Bertz CT molecular complexity index is 2170. The van der Waals surface area contributed by atoms with Gasteiger partial charge in [0.15, 0.2) is 6.10 Å². The zero-order valence-corrected chi connectivity index (χ0v) is 31.8. The van der Waals surface area contributed by atoms with Crippen LogP contribution in [0.4, 0.5) is 11.4 Å². The third kappa shape index (κ3) is 9.03. The number of amides is 2. The predicted octanol–water partition coefficient (Wildman–Crippen LogP) is 7.50. The van der Waals surface area contributed by atoms with Crippen LogP contribution in [-0.4, -0.2) is 49.8 Å². The van der Waals surface area contributed by atoms with Crippen LogP contribution >= 0.6 is 11.8 Å². The third-order valence-electron chi connectivity index (χ3n) is 9.13. The first-order valence-corrected chi connectivity index (χ1v) is 18.9. The highest BCUT2D eigenvalue weighted by Crippen LogP contribution is 2.31. The predicted molar refractivity (Wildman–Crippen MR) is 209 cm³/mol. The number of hydrogen-bond acceptors (Lipinski definition) is 10. The minimum absolute atomic E-state index is 0.213. The molecule has 1 aliphatic rings. The number of hydrazone groups is 1. The second-order valence-electron chi connectivity index (χ2n) is 13.2. The minimum Gasteiger partial charge on any atom is -0.480 e. The molecular formula is C41H43N7O5S. The highest BCUT2D eigenvalue weighted by Gasteiger charge is 2.35. The van der Waals surface area contributed by atoms with Gasteiger partial charge in [-0.25, -0.2) is 14.5 Å². The van der Waals surface area contributed by atoms with Gasteiger partial charge in [-0.05, 0) is 104 Å². The lowest BCUT2D eigenvalue weighted by atomic mass is 9.92. The summed E-state index contributed by atoms with van der Waals surface area (Å²) in [7, 11) is 1.76. The van der Waals surface area contributed by atoms with Gasteiger partial charge in [-0.2, -0.15) is 5.10 Å². The molecule has 2 unspecified atom stereocenters. The maximum atomic E-state index is 13.8. The highest BCUT2D eigenvalue weighted by molar-refractivity contribution is 7.98. The van der Waals surface area contributed by atoms with Gasteiger partial charge in [0.1, 0.15) is 11.5 Å². The fraction of sp³-hybridized carbons (Fsp3) is 0.293. The van der Waals surface area contributed by atoms with Gasteiger partial charge in [0.05, 0.1) is 17.2 Å². The Morgan fingerprint density at radius 2 is 1.67 bits per heavy atom. The number of esters is 1. The van der Waals surface area contributed by atoms with E-state index in [4.69, 9.17) is 9.47 Å². The first-order valence-electron chi connectivity index (χ1n) is 17.9. The van der Waals surface area contributed by atoms with Crippen molar-refractivity contribution in [2.24, 2.45) is 18.1 Å². The molecule has 0 fully saturated rings. The number of thioether (sulfide) groups is 1. The molecule has 1 aromatic heterocycles.